The van der Waals surface area contributed by atoms with Crippen LogP contribution in [-0.2, 0) is 26.3 Å². The van der Waals surface area contributed by atoms with E-state index in [1.807, 2.05) is 18.3 Å². The first-order valence-electron chi connectivity index (χ1n) is 10.7. The molecule has 0 aromatic carbocycles. The second kappa shape index (κ2) is 6.40. The molecule has 0 saturated carbocycles. The van der Waals surface area contributed by atoms with E-state index in [4.69, 9.17) is 9.72 Å². The summed E-state index contributed by atoms with van der Waals surface area (Å²) in [5, 5.41) is 3.32. The van der Waals surface area contributed by atoms with E-state index in [2.05, 4.69) is 39.9 Å². The van der Waals surface area contributed by atoms with Crippen LogP contribution in [-0.4, -0.2) is 58.1 Å². The number of hydrogen-bond acceptors (Lipinski definition) is 5. The van der Waals surface area contributed by atoms with E-state index >= 15 is 0 Å². The van der Waals surface area contributed by atoms with Crippen molar-refractivity contribution in [3.8, 4) is 28.4 Å². The number of fused-ring (bicyclic) bond motifs is 5. The van der Waals surface area contributed by atoms with Gasteiger partial charge in [-0.05, 0) is 43.1 Å². The molecule has 1 spiro atoms. The van der Waals surface area contributed by atoms with Gasteiger partial charge in [-0.25, -0.2) is 4.98 Å². The monoisotopic (exact) mass is 415 g/mol. The number of pyridine rings is 2. The van der Waals surface area contributed by atoms with Gasteiger partial charge in [0.25, 0.3) is 5.91 Å². The molecule has 3 aromatic heterocycles. The van der Waals surface area contributed by atoms with Gasteiger partial charge < -0.3 is 19.5 Å². The number of nitrogens with one attached hydrogen (secondary N) is 1. The third-order valence-corrected chi connectivity index (χ3v) is 7.00. The van der Waals surface area contributed by atoms with Crippen molar-refractivity contribution in [1.29, 1.82) is 0 Å². The van der Waals surface area contributed by atoms with Crippen molar-refractivity contribution in [2.75, 3.05) is 27.2 Å². The smallest absolute Gasteiger partial charge is 0.253 e. The van der Waals surface area contributed by atoms with E-state index in [0.29, 0.717) is 5.88 Å². The maximum Gasteiger partial charge on any atom is 0.253 e. The third kappa shape index (κ3) is 2.66. The number of carbonyl (C=O) groups is 1. The molecule has 7 heteroatoms. The average molecular weight is 415 g/mol. The lowest BCUT2D eigenvalue weighted by molar-refractivity contribution is 0.0474. The minimum atomic E-state index is -0.117. The number of methoxy groups -OCH3 is 1. The van der Waals surface area contributed by atoms with Gasteiger partial charge in [0, 0.05) is 61.8 Å². The van der Waals surface area contributed by atoms with Crippen LogP contribution in [0.5, 0.6) is 5.88 Å². The Bertz CT molecular complexity index is 1220. The first-order valence-corrected chi connectivity index (χ1v) is 10.7. The lowest BCUT2D eigenvalue weighted by Gasteiger charge is -2.51. The molecule has 1 amide bonds. The summed E-state index contributed by atoms with van der Waals surface area (Å²) in [5.41, 5.74) is 8.51. The summed E-state index contributed by atoms with van der Waals surface area (Å²) in [4.78, 5) is 24.4. The van der Waals surface area contributed by atoms with Crippen LogP contribution in [0.15, 0.2) is 30.6 Å². The Morgan fingerprint density at radius 2 is 1.97 bits per heavy atom. The topological polar surface area (TPSA) is 72.3 Å². The van der Waals surface area contributed by atoms with Crippen LogP contribution in [0.3, 0.4) is 0 Å². The molecule has 0 atom stereocenters. The Kier molecular flexibility index (Phi) is 3.84. The number of rotatable bonds is 2. The highest BCUT2D eigenvalue weighted by Gasteiger charge is 2.48. The maximum absolute atomic E-state index is 13.2. The number of amides is 1. The number of likely N-dealkylation sites (N-methyl/N-ethyl adjacent to an activating group) is 1. The summed E-state index contributed by atoms with van der Waals surface area (Å²) in [7, 11) is 5.82. The molecule has 1 aliphatic carbocycles. The van der Waals surface area contributed by atoms with Gasteiger partial charge in [0.2, 0.25) is 5.88 Å². The van der Waals surface area contributed by atoms with Crippen LogP contribution >= 0.6 is 0 Å². The fourth-order valence-corrected chi connectivity index (χ4v) is 5.68. The van der Waals surface area contributed by atoms with Gasteiger partial charge in [0.15, 0.2) is 0 Å². The molecule has 2 aliphatic heterocycles. The number of aromatic nitrogens is 3. The molecule has 3 aromatic rings. The summed E-state index contributed by atoms with van der Waals surface area (Å²) >= 11 is 0. The number of nitrogens with zero attached hydrogens (tertiary/aromatic N) is 4. The summed E-state index contributed by atoms with van der Waals surface area (Å²) in [6.45, 7) is 1.81. The van der Waals surface area contributed by atoms with Crippen molar-refractivity contribution in [2.45, 2.75) is 24.8 Å². The van der Waals surface area contributed by atoms with Gasteiger partial charge in [0.05, 0.1) is 29.6 Å². The van der Waals surface area contributed by atoms with Gasteiger partial charge in [-0.3, -0.25) is 9.78 Å². The second-order valence-electron chi connectivity index (χ2n) is 9.11. The predicted octanol–water partition coefficient (Wildman–Crippen LogP) is 2.23. The third-order valence-electron chi connectivity index (χ3n) is 7.00. The molecular formula is C24H25N5O2. The number of carbonyl (C=O) groups excluding carboxylic acids is 1. The molecule has 6 rings (SSSR count). The summed E-state index contributed by atoms with van der Waals surface area (Å²) < 4.78 is 7.44. The number of aryl methyl sites for hydroxylation is 1. The fourth-order valence-electron chi connectivity index (χ4n) is 5.68. The fraction of sp³-hybridized carbons (Fsp3) is 0.375. The van der Waals surface area contributed by atoms with Gasteiger partial charge in [-0.15, -0.1) is 0 Å². The van der Waals surface area contributed by atoms with E-state index < -0.39 is 0 Å². The summed E-state index contributed by atoms with van der Waals surface area (Å²) in [5.74, 6) is 0.670. The van der Waals surface area contributed by atoms with Crippen molar-refractivity contribution in [3.63, 3.8) is 0 Å². The normalized spacial score (nSPS) is 18.6. The van der Waals surface area contributed by atoms with E-state index in [0.717, 1.165) is 54.9 Å². The van der Waals surface area contributed by atoms with Crippen LogP contribution in [0.25, 0.3) is 22.5 Å². The SMILES string of the molecule is COc1ccc(-c2cc3c(cn2)CCc2c4c(n(C)c2-3)CC2(CN(C)C2)NC4=O)cn1. The molecule has 7 nitrogen and oxygen atoms in total. The molecule has 158 valence electrons. The van der Waals surface area contributed by atoms with Crippen molar-refractivity contribution in [3.05, 3.63) is 53.0 Å². The minimum Gasteiger partial charge on any atom is -0.481 e. The Morgan fingerprint density at radius 1 is 1.13 bits per heavy atom. The summed E-state index contributed by atoms with van der Waals surface area (Å²) in [6.07, 6.45) is 6.42. The Morgan fingerprint density at radius 3 is 2.68 bits per heavy atom. The van der Waals surface area contributed by atoms with Crippen LogP contribution in [0, 0.1) is 0 Å². The van der Waals surface area contributed by atoms with Gasteiger partial charge >= 0.3 is 0 Å². The molecular weight excluding hydrogens is 390 g/mol. The minimum absolute atomic E-state index is 0.0864. The van der Waals surface area contributed by atoms with Crippen molar-refractivity contribution < 1.29 is 9.53 Å². The predicted molar refractivity (Wildman–Crippen MR) is 117 cm³/mol. The molecule has 31 heavy (non-hydrogen) atoms. The molecule has 0 radical (unpaired) electrons. The lowest BCUT2D eigenvalue weighted by Crippen LogP contribution is -2.71. The Hall–Kier alpha value is -3.19. The molecule has 3 aliphatic rings. The second-order valence-corrected chi connectivity index (χ2v) is 9.11. The molecule has 1 N–H and O–H groups in total. The molecule has 5 heterocycles. The molecule has 1 fully saturated rings. The first kappa shape index (κ1) is 18.6. The zero-order chi connectivity index (χ0) is 21.3. The largest absolute Gasteiger partial charge is 0.481 e. The van der Waals surface area contributed by atoms with E-state index in [9.17, 15) is 4.79 Å². The van der Waals surface area contributed by atoms with E-state index in [-0.39, 0.29) is 11.4 Å². The summed E-state index contributed by atoms with van der Waals surface area (Å²) in [6, 6.07) is 5.97. The standard InChI is InChI=1S/C24H25N5O2/c1-28-12-24(13-28)9-19-21(23(30)27-24)16-6-4-14-10-25-18(8-17(14)22(16)29(19)2)15-5-7-20(31-3)26-11-15/h5,7-8,10-11H,4,6,9,12-13H2,1-3H3,(H,27,30). The van der Waals surface area contributed by atoms with E-state index in [1.54, 1.807) is 13.3 Å². The van der Waals surface area contributed by atoms with Crippen LogP contribution in [0.4, 0.5) is 0 Å². The van der Waals surface area contributed by atoms with Crippen LogP contribution in [0.1, 0.15) is 27.2 Å². The van der Waals surface area contributed by atoms with Crippen molar-refractivity contribution in [1.82, 2.24) is 24.8 Å². The highest BCUT2D eigenvalue weighted by atomic mass is 16.5. The van der Waals surface area contributed by atoms with Crippen LogP contribution in [0.2, 0.25) is 0 Å². The van der Waals surface area contributed by atoms with E-state index in [1.165, 1.54) is 22.4 Å². The zero-order valence-electron chi connectivity index (χ0n) is 18.0. The molecule has 1 saturated heterocycles. The zero-order valence-corrected chi connectivity index (χ0v) is 18.0. The van der Waals surface area contributed by atoms with Gasteiger partial charge in [-0.2, -0.15) is 0 Å². The maximum atomic E-state index is 13.2. The number of likely N-dealkylation sites (tertiary alicyclic amines) is 1. The molecule has 0 bridgehead atoms. The first-order chi connectivity index (χ1) is 15.0. The quantitative estimate of drug-likeness (QED) is 0.695. The Balaban J connectivity index is 1.47. The van der Waals surface area contributed by atoms with Crippen molar-refractivity contribution >= 4 is 5.91 Å². The van der Waals surface area contributed by atoms with Crippen molar-refractivity contribution in [2.24, 2.45) is 7.05 Å². The van der Waals surface area contributed by atoms with Gasteiger partial charge in [-0.1, -0.05) is 0 Å². The van der Waals surface area contributed by atoms with Gasteiger partial charge in [0.1, 0.15) is 0 Å². The Labute approximate surface area is 181 Å². The average Bonchev–Trinajstić information content (AvgIpc) is 3.05. The highest BCUT2D eigenvalue weighted by Crippen LogP contribution is 2.42. The molecule has 0 unspecified atom stereocenters. The highest BCUT2D eigenvalue weighted by molar-refractivity contribution is 6.01. The number of hydrogen-bond donors (Lipinski definition) is 1. The number of ether oxygens (including phenoxy) is 1. The van der Waals surface area contributed by atoms with Crippen LogP contribution < -0.4 is 10.1 Å². The lowest BCUT2D eigenvalue weighted by atomic mass is 9.80.